The highest BCUT2D eigenvalue weighted by molar-refractivity contribution is 5.33. The first kappa shape index (κ1) is 14.5. The summed E-state index contributed by atoms with van der Waals surface area (Å²) in [6.07, 6.45) is 7.55. The molecule has 2 rings (SSSR count). The highest BCUT2D eigenvalue weighted by Gasteiger charge is 2.26. The molecule has 1 aromatic carbocycles. The van der Waals surface area contributed by atoms with Gasteiger partial charge < -0.3 is 0 Å². The molecule has 1 aliphatic carbocycles. The number of rotatable bonds is 6. The topological polar surface area (TPSA) is 38.0 Å². The third-order valence-corrected chi connectivity index (χ3v) is 4.41. The molecule has 0 spiro atoms. The summed E-state index contributed by atoms with van der Waals surface area (Å²) in [5, 5.41) is 0. The molecule has 3 N–H and O–H groups in total. The Balaban J connectivity index is 2.03. The van der Waals surface area contributed by atoms with Crippen molar-refractivity contribution in [3.8, 4) is 0 Å². The van der Waals surface area contributed by atoms with Crippen molar-refractivity contribution in [1.82, 2.24) is 5.43 Å². The first-order chi connectivity index (χ1) is 9.22. The van der Waals surface area contributed by atoms with E-state index >= 15 is 0 Å². The van der Waals surface area contributed by atoms with Crippen LogP contribution in [0.3, 0.4) is 0 Å². The van der Waals surface area contributed by atoms with Crippen LogP contribution in [0.15, 0.2) is 24.3 Å². The molecule has 2 unspecified atom stereocenters. The van der Waals surface area contributed by atoms with Crippen molar-refractivity contribution in [2.75, 3.05) is 0 Å². The Morgan fingerprint density at radius 1 is 1.26 bits per heavy atom. The molecule has 2 heteroatoms. The summed E-state index contributed by atoms with van der Waals surface area (Å²) in [6.45, 7) is 4.58. The van der Waals surface area contributed by atoms with E-state index in [0.29, 0.717) is 12.0 Å². The van der Waals surface area contributed by atoms with E-state index in [1.165, 1.54) is 49.7 Å². The van der Waals surface area contributed by atoms with Crippen molar-refractivity contribution < 1.29 is 0 Å². The Labute approximate surface area is 117 Å². The Morgan fingerprint density at radius 2 is 2.05 bits per heavy atom. The zero-order valence-corrected chi connectivity index (χ0v) is 12.4. The van der Waals surface area contributed by atoms with Gasteiger partial charge in [-0.05, 0) is 42.7 Å². The van der Waals surface area contributed by atoms with Crippen molar-refractivity contribution in [1.29, 1.82) is 0 Å². The van der Waals surface area contributed by atoms with Crippen molar-refractivity contribution in [2.24, 2.45) is 11.8 Å². The number of aryl methyl sites for hydroxylation is 1. The van der Waals surface area contributed by atoms with Crippen LogP contribution in [0.25, 0.3) is 0 Å². The monoisotopic (exact) mass is 260 g/mol. The molecule has 1 aliphatic rings. The van der Waals surface area contributed by atoms with Gasteiger partial charge >= 0.3 is 0 Å². The van der Waals surface area contributed by atoms with Gasteiger partial charge in [0.25, 0.3) is 0 Å². The fraction of sp³-hybridized carbons (Fsp3) is 0.647. The highest BCUT2D eigenvalue weighted by atomic mass is 15.2. The average Bonchev–Trinajstić information content (AvgIpc) is 2.43. The maximum atomic E-state index is 5.83. The van der Waals surface area contributed by atoms with Gasteiger partial charge in [-0.1, -0.05) is 51.0 Å². The predicted octanol–water partition coefficient (Wildman–Crippen LogP) is 3.76. The third-order valence-electron chi connectivity index (χ3n) is 4.41. The van der Waals surface area contributed by atoms with E-state index in [1.54, 1.807) is 0 Å². The molecule has 0 fully saturated rings. The second-order valence-electron chi connectivity index (χ2n) is 6.30. The van der Waals surface area contributed by atoms with Crippen molar-refractivity contribution in [2.45, 2.75) is 64.3 Å². The summed E-state index contributed by atoms with van der Waals surface area (Å²) in [7, 11) is 0. The summed E-state index contributed by atoms with van der Waals surface area (Å²) in [4.78, 5) is 0. The lowest BCUT2D eigenvalue weighted by molar-refractivity contribution is 0.359. The molecule has 0 amide bonds. The van der Waals surface area contributed by atoms with Crippen LogP contribution >= 0.6 is 0 Å². The number of fused-ring (bicyclic) bond motifs is 1. The van der Waals surface area contributed by atoms with E-state index < -0.39 is 0 Å². The smallest absolute Gasteiger partial charge is 0.0279 e. The van der Waals surface area contributed by atoms with E-state index in [9.17, 15) is 0 Å². The van der Waals surface area contributed by atoms with Crippen LogP contribution in [-0.2, 0) is 6.42 Å². The number of hydrogen-bond donors (Lipinski definition) is 2. The van der Waals surface area contributed by atoms with Crippen LogP contribution in [0.2, 0.25) is 0 Å². The van der Waals surface area contributed by atoms with E-state index in [-0.39, 0.29) is 0 Å². The average molecular weight is 260 g/mol. The molecule has 0 radical (unpaired) electrons. The molecule has 0 saturated heterocycles. The summed E-state index contributed by atoms with van der Waals surface area (Å²) >= 11 is 0. The van der Waals surface area contributed by atoms with Gasteiger partial charge in [0.15, 0.2) is 0 Å². The summed E-state index contributed by atoms with van der Waals surface area (Å²) in [5.74, 6) is 7.22. The summed E-state index contributed by atoms with van der Waals surface area (Å²) in [5.41, 5.74) is 6.15. The van der Waals surface area contributed by atoms with Gasteiger partial charge in [0.1, 0.15) is 0 Å². The molecule has 0 saturated carbocycles. The van der Waals surface area contributed by atoms with E-state index in [1.807, 2.05) is 0 Å². The normalized spacial score (nSPS) is 20.3. The molecule has 19 heavy (non-hydrogen) atoms. The van der Waals surface area contributed by atoms with E-state index in [4.69, 9.17) is 5.84 Å². The van der Waals surface area contributed by atoms with Crippen LogP contribution in [-0.4, -0.2) is 6.04 Å². The summed E-state index contributed by atoms with van der Waals surface area (Å²) < 4.78 is 0. The van der Waals surface area contributed by atoms with Crippen LogP contribution < -0.4 is 11.3 Å². The molecule has 106 valence electrons. The number of hydrogen-bond acceptors (Lipinski definition) is 2. The number of nitrogens with two attached hydrogens (primary N) is 1. The Hall–Kier alpha value is -0.860. The Morgan fingerprint density at radius 3 is 2.79 bits per heavy atom. The number of hydrazine groups is 1. The van der Waals surface area contributed by atoms with Gasteiger partial charge in [0.2, 0.25) is 0 Å². The standard InChI is InChI=1S/C17H28N2/c1-13(2)7-5-12-17(19-18)16-11-6-9-14-8-3-4-10-15(14)16/h3-4,8,10,13,16-17,19H,5-7,9,11-12,18H2,1-2H3. The van der Waals surface area contributed by atoms with Crippen molar-refractivity contribution in [3.63, 3.8) is 0 Å². The highest BCUT2D eigenvalue weighted by Crippen LogP contribution is 2.35. The largest absolute Gasteiger partial charge is 0.271 e. The molecule has 0 aromatic heterocycles. The first-order valence-corrected chi connectivity index (χ1v) is 7.76. The number of nitrogens with one attached hydrogen (secondary N) is 1. The van der Waals surface area contributed by atoms with Crippen LogP contribution in [0.5, 0.6) is 0 Å². The van der Waals surface area contributed by atoms with Gasteiger partial charge in [0.05, 0.1) is 0 Å². The van der Waals surface area contributed by atoms with Crippen LogP contribution in [0.4, 0.5) is 0 Å². The molecular weight excluding hydrogens is 232 g/mol. The number of benzene rings is 1. The Kier molecular flexibility index (Phi) is 5.41. The minimum Gasteiger partial charge on any atom is -0.271 e. The van der Waals surface area contributed by atoms with Gasteiger partial charge in [-0.3, -0.25) is 11.3 Å². The van der Waals surface area contributed by atoms with Crippen LogP contribution in [0.1, 0.15) is 63.0 Å². The molecular formula is C17H28N2. The molecule has 1 aromatic rings. The minimum absolute atomic E-state index is 0.431. The minimum atomic E-state index is 0.431. The Bertz CT molecular complexity index is 387. The molecule has 0 aliphatic heterocycles. The fourth-order valence-corrected chi connectivity index (χ4v) is 3.36. The molecule has 0 heterocycles. The zero-order valence-electron chi connectivity index (χ0n) is 12.4. The van der Waals surface area contributed by atoms with Gasteiger partial charge in [-0.15, -0.1) is 0 Å². The first-order valence-electron chi connectivity index (χ1n) is 7.76. The second kappa shape index (κ2) is 7.06. The lowest BCUT2D eigenvalue weighted by Gasteiger charge is -2.32. The van der Waals surface area contributed by atoms with Crippen LogP contribution in [0, 0.1) is 5.92 Å². The molecule has 2 atom stereocenters. The van der Waals surface area contributed by atoms with Gasteiger partial charge in [-0.25, -0.2) is 0 Å². The lowest BCUT2D eigenvalue weighted by Crippen LogP contribution is -2.41. The fourth-order valence-electron chi connectivity index (χ4n) is 3.36. The molecule has 0 bridgehead atoms. The van der Waals surface area contributed by atoms with Crippen molar-refractivity contribution >= 4 is 0 Å². The SMILES string of the molecule is CC(C)CCCC(NN)C1CCCc2ccccc21. The lowest BCUT2D eigenvalue weighted by atomic mass is 9.77. The van der Waals surface area contributed by atoms with E-state index in [2.05, 4.69) is 43.5 Å². The van der Waals surface area contributed by atoms with Gasteiger partial charge in [0, 0.05) is 12.0 Å². The summed E-state index contributed by atoms with van der Waals surface area (Å²) in [6, 6.07) is 9.33. The quantitative estimate of drug-likeness (QED) is 0.603. The zero-order chi connectivity index (χ0) is 13.7. The van der Waals surface area contributed by atoms with E-state index in [0.717, 1.165) is 5.92 Å². The van der Waals surface area contributed by atoms with Gasteiger partial charge in [-0.2, -0.15) is 0 Å². The molecule has 2 nitrogen and oxygen atoms in total. The van der Waals surface area contributed by atoms with Crippen molar-refractivity contribution in [3.05, 3.63) is 35.4 Å². The predicted molar refractivity (Wildman–Crippen MR) is 81.9 cm³/mol. The second-order valence-corrected chi connectivity index (χ2v) is 6.30. The maximum Gasteiger partial charge on any atom is 0.0279 e. The maximum absolute atomic E-state index is 5.83. The third kappa shape index (κ3) is 3.80.